The Bertz CT molecular complexity index is 624. The normalized spacial score (nSPS) is 20.6. The third-order valence-corrected chi connectivity index (χ3v) is 6.24. The summed E-state index contributed by atoms with van der Waals surface area (Å²) in [4.78, 5) is 27.8. The molecule has 2 rings (SSSR count). The van der Waals surface area contributed by atoms with Crippen LogP contribution in [-0.4, -0.2) is 40.4 Å². The maximum Gasteiger partial charge on any atom is 0.255 e. The van der Waals surface area contributed by atoms with Crippen molar-refractivity contribution in [1.29, 1.82) is 0 Å². The van der Waals surface area contributed by atoms with Crippen molar-refractivity contribution in [3.8, 4) is 0 Å². The van der Waals surface area contributed by atoms with E-state index >= 15 is 0 Å². The molecule has 5 heteroatoms. The van der Waals surface area contributed by atoms with E-state index in [-0.39, 0.29) is 22.6 Å². The van der Waals surface area contributed by atoms with Gasteiger partial charge in [0.05, 0.1) is 5.37 Å². The monoisotopic (exact) mass is 362 g/mol. The molecule has 0 bridgehead atoms. The van der Waals surface area contributed by atoms with Crippen LogP contribution in [0.15, 0.2) is 24.3 Å². The lowest BCUT2D eigenvalue weighted by Gasteiger charge is -2.36. The summed E-state index contributed by atoms with van der Waals surface area (Å²) in [6.07, 6.45) is 2.00. The van der Waals surface area contributed by atoms with Crippen LogP contribution in [0.3, 0.4) is 0 Å². The second kappa shape index (κ2) is 8.26. The highest BCUT2D eigenvalue weighted by Gasteiger charge is 2.46. The molecule has 1 aromatic carbocycles. The van der Waals surface area contributed by atoms with Gasteiger partial charge < -0.3 is 10.2 Å². The first-order chi connectivity index (χ1) is 11.8. The van der Waals surface area contributed by atoms with E-state index in [4.69, 9.17) is 0 Å². The molecule has 0 aliphatic carbocycles. The fourth-order valence-corrected chi connectivity index (χ4v) is 4.66. The molecule has 4 nitrogen and oxygen atoms in total. The molecular formula is C20H30N2O2S. The van der Waals surface area contributed by atoms with E-state index in [1.165, 1.54) is 0 Å². The third kappa shape index (κ3) is 4.57. The Morgan fingerprint density at radius 1 is 1.28 bits per heavy atom. The number of unbranched alkanes of at least 4 members (excludes halogenated alkanes) is 1. The van der Waals surface area contributed by atoms with Gasteiger partial charge in [-0.1, -0.05) is 52.3 Å². The Balaban J connectivity index is 2.29. The van der Waals surface area contributed by atoms with Crippen LogP contribution >= 0.6 is 11.8 Å². The molecule has 0 spiro atoms. The lowest BCUT2D eigenvalue weighted by molar-refractivity contribution is -0.125. The highest BCUT2D eigenvalue weighted by Crippen LogP contribution is 2.41. The molecule has 0 radical (unpaired) electrons. The summed E-state index contributed by atoms with van der Waals surface area (Å²) in [5, 5.41) is 2.99. The molecule has 2 amide bonds. The van der Waals surface area contributed by atoms with Crippen molar-refractivity contribution >= 4 is 23.6 Å². The first-order valence-electron chi connectivity index (χ1n) is 9.05. The van der Waals surface area contributed by atoms with Crippen LogP contribution in [0.5, 0.6) is 0 Å². The van der Waals surface area contributed by atoms with Crippen LogP contribution in [0.1, 0.15) is 56.5 Å². The largest absolute Gasteiger partial charge is 0.354 e. The molecule has 25 heavy (non-hydrogen) atoms. The van der Waals surface area contributed by atoms with Gasteiger partial charge in [0.15, 0.2) is 0 Å². The predicted molar refractivity (Wildman–Crippen MR) is 105 cm³/mol. The summed E-state index contributed by atoms with van der Waals surface area (Å²) in [5.41, 5.74) is 1.54. The number of hydrogen-bond acceptors (Lipinski definition) is 3. The molecule has 2 unspecified atom stereocenters. The lowest BCUT2D eigenvalue weighted by atomic mass is 9.94. The van der Waals surface area contributed by atoms with Gasteiger partial charge in [-0.3, -0.25) is 9.59 Å². The summed E-state index contributed by atoms with van der Waals surface area (Å²) in [6, 6.07) is 7.20. The first kappa shape index (κ1) is 19.8. The number of amides is 2. The number of hydrogen-bond donors (Lipinski definition) is 1. The van der Waals surface area contributed by atoms with Crippen molar-refractivity contribution in [2.24, 2.45) is 5.41 Å². The van der Waals surface area contributed by atoms with Gasteiger partial charge in [-0.15, -0.1) is 11.8 Å². The van der Waals surface area contributed by atoms with E-state index in [1.807, 2.05) is 36.1 Å². The van der Waals surface area contributed by atoms with Crippen molar-refractivity contribution in [1.82, 2.24) is 10.2 Å². The maximum absolute atomic E-state index is 13.3. The van der Waals surface area contributed by atoms with Gasteiger partial charge in [0.25, 0.3) is 5.91 Å². The van der Waals surface area contributed by atoms with Gasteiger partial charge in [-0.05, 0) is 30.4 Å². The number of rotatable bonds is 5. The van der Waals surface area contributed by atoms with E-state index in [0.717, 1.165) is 18.4 Å². The predicted octanol–water partition coefficient (Wildman–Crippen LogP) is 3.84. The number of nitrogens with one attached hydrogen (secondary N) is 1. The molecule has 1 aliphatic rings. The zero-order valence-corrected chi connectivity index (χ0v) is 16.8. The molecular weight excluding hydrogens is 332 g/mol. The quantitative estimate of drug-likeness (QED) is 0.810. The maximum atomic E-state index is 13.3. The van der Waals surface area contributed by atoms with Crippen molar-refractivity contribution in [3.63, 3.8) is 0 Å². The van der Waals surface area contributed by atoms with E-state index < -0.39 is 6.04 Å². The highest BCUT2D eigenvalue weighted by molar-refractivity contribution is 8.00. The summed E-state index contributed by atoms with van der Waals surface area (Å²) in [7, 11) is 0. The number of nitrogens with zero attached hydrogens (tertiary/aromatic N) is 1. The average molecular weight is 363 g/mol. The third-order valence-electron chi connectivity index (χ3n) is 4.48. The summed E-state index contributed by atoms with van der Waals surface area (Å²) in [5.74, 6) is 0.575. The van der Waals surface area contributed by atoms with Crippen LogP contribution in [-0.2, 0) is 4.79 Å². The fraction of sp³-hybridized carbons (Fsp3) is 0.600. The molecule has 1 saturated heterocycles. The number of benzene rings is 1. The number of carbonyl (C=O) groups excluding carboxylic acids is 2. The SMILES string of the molecule is CCCCNC(=O)C1CSC(C(C)(C)C)N1C(=O)c1ccccc1C. The smallest absolute Gasteiger partial charge is 0.255 e. The molecule has 0 saturated carbocycles. The van der Waals surface area contributed by atoms with Gasteiger partial charge in [0.1, 0.15) is 6.04 Å². The van der Waals surface area contributed by atoms with E-state index in [0.29, 0.717) is 17.9 Å². The Morgan fingerprint density at radius 2 is 1.96 bits per heavy atom. The van der Waals surface area contributed by atoms with Crippen LogP contribution in [0, 0.1) is 12.3 Å². The van der Waals surface area contributed by atoms with E-state index in [2.05, 4.69) is 33.0 Å². The van der Waals surface area contributed by atoms with Crippen LogP contribution < -0.4 is 5.32 Å². The molecule has 1 N–H and O–H groups in total. The lowest BCUT2D eigenvalue weighted by Crippen LogP contribution is -2.52. The molecule has 1 fully saturated rings. The topological polar surface area (TPSA) is 49.4 Å². The average Bonchev–Trinajstić information content (AvgIpc) is 3.00. The molecule has 0 aromatic heterocycles. The van der Waals surface area contributed by atoms with Crippen molar-refractivity contribution in [2.45, 2.75) is 58.9 Å². The standard InChI is InChI=1S/C20H30N2O2S/c1-6-7-12-21-17(23)16-13-25-19(20(3,4)5)22(16)18(24)15-11-9-8-10-14(15)2/h8-11,16,19H,6-7,12-13H2,1-5H3,(H,21,23). The Kier molecular flexibility index (Phi) is 6.55. The van der Waals surface area contributed by atoms with Crippen molar-refractivity contribution in [3.05, 3.63) is 35.4 Å². The molecule has 2 atom stereocenters. The fourth-order valence-electron chi connectivity index (χ4n) is 3.08. The zero-order chi connectivity index (χ0) is 18.6. The minimum Gasteiger partial charge on any atom is -0.354 e. The second-order valence-corrected chi connectivity index (χ2v) is 8.85. The molecule has 1 aliphatic heterocycles. The van der Waals surface area contributed by atoms with Gasteiger partial charge in [-0.25, -0.2) is 0 Å². The molecule has 1 aromatic rings. The van der Waals surface area contributed by atoms with Crippen LogP contribution in [0.2, 0.25) is 0 Å². The van der Waals surface area contributed by atoms with E-state index in [1.54, 1.807) is 11.8 Å². The van der Waals surface area contributed by atoms with Gasteiger partial charge in [0.2, 0.25) is 5.91 Å². The second-order valence-electron chi connectivity index (χ2n) is 7.74. The van der Waals surface area contributed by atoms with Crippen LogP contribution in [0.4, 0.5) is 0 Å². The minimum atomic E-state index is -0.404. The van der Waals surface area contributed by atoms with E-state index in [9.17, 15) is 9.59 Å². The van der Waals surface area contributed by atoms with Gasteiger partial charge in [0, 0.05) is 17.9 Å². The Labute approximate surface area is 155 Å². The van der Waals surface area contributed by atoms with Crippen molar-refractivity contribution in [2.75, 3.05) is 12.3 Å². The minimum absolute atomic E-state index is 0.0125. The number of thioether (sulfide) groups is 1. The number of aryl methyl sites for hydroxylation is 1. The Hall–Kier alpha value is -1.49. The Morgan fingerprint density at radius 3 is 2.56 bits per heavy atom. The van der Waals surface area contributed by atoms with Crippen LogP contribution in [0.25, 0.3) is 0 Å². The summed E-state index contributed by atoms with van der Waals surface area (Å²) in [6.45, 7) is 11.1. The first-order valence-corrected chi connectivity index (χ1v) is 10.1. The summed E-state index contributed by atoms with van der Waals surface area (Å²) < 4.78 is 0. The summed E-state index contributed by atoms with van der Waals surface area (Å²) >= 11 is 1.71. The van der Waals surface area contributed by atoms with Gasteiger partial charge in [-0.2, -0.15) is 0 Å². The highest BCUT2D eigenvalue weighted by atomic mass is 32.2. The van der Waals surface area contributed by atoms with Gasteiger partial charge >= 0.3 is 0 Å². The zero-order valence-electron chi connectivity index (χ0n) is 16.0. The van der Waals surface area contributed by atoms with Crippen molar-refractivity contribution < 1.29 is 9.59 Å². The number of carbonyl (C=O) groups is 2. The molecule has 1 heterocycles. The molecule has 138 valence electrons.